The lowest BCUT2D eigenvalue weighted by Gasteiger charge is -2.08. The van der Waals surface area contributed by atoms with E-state index in [1.807, 2.05) is 0 Å². The number of aromatic nitrogens is 1. The molecule has 0 spiro atoms. The molecule has 5 nitrogen and oxygen atoms in total. The van der Waals surface area contributed by atoms with E-state index in [1.54, 1.807) is 43.5 Å². The highest BCUT2D eigenvalue weighted by Gasteiger charge is 2.04. The summed E-state index contributed by atoms with van der Waals surface area (Å²) in [7, 11) is 0. The summed E-state index contributed by atoms with van der Waals surface area (Å²) < 4.78 is 4.76. The highest BCUT2D eigenvalue weighted by molar-refractivity contribution is 6.42. The van der Waals surface area contributed by atoms with Crippen LogP contribution in [0.2, 0.25) is 10.0 Å². The molecule has 0 bridgehead atoms. The van der Waals surface area contributed by atoms with Crippen LogP contribution in [-0.2, 0) is 4.74 Å². The van der Waals surface area contributed by atoms with Gasteiger partial charge in [-0.3, -0.25) is 5.32 Å². The lowest BCUT2D eigenvalue weighted by molar-refractivity contribution is 0.168. The van der Waals surface area contributed by atoms with Gasteiger partial charge in [-0.05, 0) is 37.3 Å². The number of anilines is 3. The maximum atomic E-state index is 11.2. The number of halogens is 2. The average molecular weight is 326 g/mol. The molecule has 2 N–H and O–H groups in total. The summed E-state index contributed by atoms with van der Waals surface area (Å²) in [5.41, 5.74) is 1.54. The van der Waals surface area contributed by atoms with Crippen LogP contribution in [0.1, 0.15) is 6.92 Å². The number of carbonyl (C=O) groups excluding carboxylic acids is 1. The van der Waals surface area contributed by atoms with Crippen LogP contribution in [0.5, 0.6) is 0 Å². The van der Waals surface area contributed by atoms with Gasteiger partial charge >= 0.3 is 6.09 Å². The zero-order chi connectivity index (χ0) is 15.2. The largest absolute Gasteiger partial charge is 0.450 e. The zero-order valence-corrected chi connectivity index (χ0v) is 12.7. The van der Waals surface area contributed by atoms with Gasteiger partial charge in [0.05, 0.1) is 28.5 Å². The van der Waals surface area contributed by atoms with E-state index in [9.17, 15) is 4.79 Å². The minimum absolute atomic E-state index is 0.308. The van der Waals surface area contributed by atoms with Crippen LogP contribution in [0.4, 0.5) is 22.0 Å². The van der Waals surface area contributed by atoms with Crippen molar-refractivity contribution < 1.29 is 9.53 Å². The second-order valence-electron chi connectivity index (χ2n) is 4.03. The van der Waals surface area contributed by atoms with Crippen molar-refractivity contribution in [3.05, 3.63) is 46.6 Å². The van der Waals surface area contributed by atoms with E-state index in [4.69, 9.17) is 27.9 Å². The summed E-state index contributed by atoms with van der Waals surface area (Å²) in [6.07, 6.45) is 1.06. The molecule has 0 aliphatic carbocycles. The molecule has 1 aromatic carbocycles. The molecule has 0 aliphatic heterocycles. The Bertz CT molecular complexity index is 633. The number of ether oxygens (including phenoxy) is 1. The smallest absolute Gasteiger partial charge is 0.412 e. The highest BCUT2D eigenvalue weighted by atomic mass is 35.5. The van der Waals surface area contributed by atoms with Gasteiger partial charge < -0.3 is 10.1 Å². The first kappa shape index (κ1) is 15.4. The molecular formula is C14H13Cl2N3O2. The van der Waals surface area contributed by atoms with Crippen LogP contribution in [-0.4, -0.2) is 17.7 Å². The van der Waals surface area contributed by atoms with E-state index in [1.165, 1.54) is 0 Å². The van der Waals surface area contributed by atoms with E-state index in [0.717, 1.165) is 11.4 Å². The summed E-state index contributed by atoms with van der Waals surface area (Å²) >= 11 is 11.8. The van der Waals surface area contributed by atoms with Crippen molar-refractivity contribution >= 4 is 46.5 Å². The van der Waals surface area contributed by atoms with E-state index >= 15 is 0 Å². The maximum Gasteiger partial charge on any atom is 0.412 e. The van der Waals surface area contributed by atoms with Gasteiger partial charge in [0.2, 0.25) is 0 Å². The molecule has 1 aromatic heterocycles. The van der Waals surface area contributed by atoms with Gasteiger partial charge in [-0.25, -0.2) is 9.78 Å². The first-order chi connectivity index (χ1) is 10.1. The molecule has 1 amide bonds. The minimum atomic E-state index is -0.532. The fourth-order valence-electron chi connectivity index (χ4n) is 1.55. The molecule has 110 valence electrons. The van der Waals surface area contributed by atoms with Gasteiger partial charge in [0.1, 0.15) is 5.82 Å². The quantitative estimate of drug-likeness (QED) is 0.855. The SMILES string of the molecule is CCOC(=O)Nc1ccc(Nc2ccc(Cl)c(Cl)c2)cn1. The molecule has 2 aromatic rings. The number of carbonyl (C=O) groups is 1. The Morgan fingerprint density at radius 2 is 1.95 bits per heavy atom. The first-order valence-electron chi connectivity index (χ1n) is 6.20. The molecule has 0 aliphatic rings. The van der Waals surface area contributed by atoms with Crippen LogP contribution in [0.15, 0.2) is 36.5 Å². The predicted molar refractivity (Wildman–Crippen MR) is 84.6 cm³/mol. The Hall–Kier alpha value is -1.98. The van der Waals surface area contributed by atoms with Gasteiger partial charge in [-0.1, -0.05) is 23.2 Å². The number of hydrogen-bond acceptors (Lipinski definition) is 4. The molecule has 0 radical (unpaired) electrons. The Morgan fingerprint density at radius 1 is 1.19 bits per heavy atom. The Kier molecular flexibility index (Phi) is 5.25. The van der Waals surface area contributed by atoms with Crippen LogP contribution >= 0.6 is 23.2 Å². The van der Waals surface area contributed by atoms with Gasteiger partial charge in [-0.2, -0.15) is 0 Å². The number of amides is 1. The molecule has 7 heteroatoms. The van der Waals surface area contributed by atoms with Gasteiger partial charge in [0.25, 0.3) is 0 Å². The number of rotatable bonds is 4. The molecule has 2 rings (SSSR count). The average Bonchev–Trinajstić information content (AvgIpc) is 2.45. The normalized spacial score (nSPS) is 10.0. The van der Waals surface area contributed by atoms with Crippen molar-refractivity contribution in [1.29, 1.82) is 0 Å². The second kappa shape index (κ2) is 7.15. The van der Waals surface area contributed by atoms with Crippen molar-refractivity contribution in [2.24, 2.45) is 0 Å². The Labute approximate surface area is 132 Å². The molecule has 0 atom stereocenters. The van der Waals surface area contributed by atoms with E-state index in [-0.39, 0.29) is 0 Å². The molecule has 0 fully saturated rings. The molecule has 0 saturated carbocycles. The van der Waals surface area contributed by atoms with Crippen LogP contribution in [0.3, 0.4) is 0 Å². The summed E-state index contributed by atoms with van der Waals surface area (Å²) in [5.74, 6) is 0.410. The molecule has 0 unspecified atom stereocenters. The topological polar surface area (TPSA) is 63.2 Å². The van der Waals surface area contributed by atoms with Crippen molar-refractivity contribution in [3.8, 4) is 0 Å². The van der Waals surface area contributed by atoms with Crippen molar-refractivity contribution in [2.75, 3.05) is 17.2 Å². The predicted octanol–water partition coefficient (Wildman–Crippen LogP) is 4.70. The first-order valence-corrected chi connectivity index (χ1v) is 6.96. The molecular weight excluding hydrogens is 313 g/mol. The minimum Gasteiger partial charge on any atom is -0.450 e. The van der Waals surface area contributed by atoms with Crippen LogP contribution < -0.4 is 10.6 Å². The summed E-state index contributed by atoms with van der Waals surface area (Å²) in [4.78, 5) is 15.3. The van der Waals surface area contributed by atoms with Crippen LogP contribution in [0.25, 0.3) is 0 Å². The molecule has 0 saturated heterocycles. The maximum absolute atomic E-state index is 11.2. The highest BCUT2D eigenvalue weighted by Crippen LogP contribution is 2.26. The van der Waals surface area contributed by atoms with Gasteiger partial charge in [0, 0.05) is 5.69 Å². The number of nitrogens with one attached hydrogen (secondary N) is 2. The molecule has 21 heavy (non-hydrogen) atoms. The van der Waals surface area contributed by atoms with Gasteiger partial charge in [0.15, 0.2) is 0 Å². The third kappa shape index (κ3) is 4.51. The number of benzene rings is 1. The number of hydrogen-bond donors (Lipinski definition) is 2. The van der Waals surface area contributed by atoms with Gasteiger partial charge in [-0.15, -0.1) is 0 Å². The summed E-state index contributed by atoms with van der Waals surface area (Å²) in [6, 6.07) is 8.66. The monoisotopic (exact) mass is 325 g/mol. The van der Waals surface area contributed by atoms with E-state index < -0.39 is 6.09 Å². The van der Waals surface area contributed by atoms with Crippen LogP contribution in [0, 0.1) is 0 Å². The zero-order valence-electron chi connectivity index (χ0n) is 11.2. The number of nitrogens with zero attached hydrogens (tertiary/aromatic N) is 1. The van der Waals surface area contributed by atoms with E-state index in [2.05, 4.69) is 15.6 Å². The van der Waals surface area contributed by atoms with Crippen molar-refractivity contribution in [1.82, 2.24) is 4.98 Å². The third-order valence-corrected chi connectivity index (χ3v) is 3.22. The fraction of sp³-hybridized carbons (Fsp3) is 0.143. The summed E-state index contributed by atoms with van der Waals surface area (Å²) in [5, 5.41) is 6.60. The lowest BCUT2D eigenvalue weighted by atomic mass is 10.3. The second-order valence-corrected chi connectivity index (χ2v) is 4.85. The molecule has 1 heterocycles. The van der Waals surface area contributed by atoms with E-state index in [0.29, 0.717) is 22.5 Å². The summed E-state index contributed by atoms with van der Waals surface area (Å²) in [6.45, 7) is 2.04. The fourth-order valence-corrected chi connectivity index (χ4v) is 1.85. The standard InChI is InChI=1S/C14H13Cl2N3O2/c1-2-21-14(20)19-13-6-4-10(8-17-13)18-9-3-5-11(15)12(16)7-9/h3-8,18H,2H2,1H3,(H,17,19,20). The lowest BCUT2D eigenvalue weighted by Crippen LogP contribution is -2.14. The third-order valence-electron chi connectivity index (χ3n) is 2.48. The number of pyridine rings is 1. The van der Waals surface area contributed by atoms with Crippen molar-refractivity contribution in [3.63, 3.8) is 0 Å². The van der Waals surface area contributed by atoms with Crippen molar-refractivity contribution in [2.45, 2.75) is 6.92 Å². The Balaban J connectivity index is 2.01. The Morgan fingerprint density at radius 3 is 2.57 bits per heavy atom.